The molecule has 80 valence electrons. The lowest BCUT2D eigenvalue weighted by atomic mass is 10.1. The van der Waals surface area contributed by atoms with Gasteiger partial charge in [-0.05, 0) is 11.6 Å². The van der Waals surface area contributed by atoms with Crippen molar-refractivity contribution in [2.24, 2.45) is 5.73 Å². The molecule has 4 nitrogen and oxygen atoms in total. The Hall–Kier alpha value is -2.12. The molecule has 1 aromatic carbocycles. The number of imidazole rings is 1. The van der Waals surface area contributed by atoms with Crippen LogP contribution in [0.1, 0.15) is 17.0 Å². The summed E-state index contributed by atoms with van der Waals surface area (Å²) in [5, 5.41) is 8.97. The second kappa shape index (κ2) is 4.60. The molecule has 0 aliphatic heterocycles. The summed E-state index contributed by atoms with van der Waals surface area (Å²) in [7, 11) is 0. The van der Waals surface area contributed by atoms with E-state index in [1.165, 1.54) is 0 Å². The Morgan fingerprint density at radius 1 is 1.38 bits per heavy atom. The second-order valence-electron chi connectivity index (χ2n) is 3.44. The van der Waals surface area contributed by atoms with Crippen LogP contribution in [0.5, 0.6) is 0 Å². The van der Waals surface area contributed by atoms with E-state index in [-0.39, 0.29) is 0 Å². The van der Waals surface area contributed by atoms with Gasteiger partial charge in [-0.25, -0.2) is 4.98 Å². The molecule has 2 rings (SSSR count). The molecule has 0 saturated carbocycles. The molecule has 2 aromatic rings. The van der Waals surface area contributed by atoms with E-state index in [9.17, 15) is 0 Å². The number of benzene rings is 1. The van der Waals surface area contributed by atoms with Crippen molar-refractivity contribution in [3.63, 3.8) is 0 Å². The molecule has 1 aromatic heterocycles. The highest BCUT2D eigenvalue weighted by Gasteiger charge is 2.04. The Bertz CT molecular complexity index is 522. The van der Waals surface area contributed by atoms with Crippen LogP contribution in [0.15, 0.2) is 36.7 Å². The van der Waals surface area contributed by atoms with Crippen LogP contribution >= 0.6 is 0 Å². The minimum Gasteiger partial charge on any atom is -0.329 e. The molecule has 4 heteroatoms. The zero-order chi connectivity index (χ0) is 11.4. The average Bonchev–Trinajstić information content (AvgIpc) is 2.77. The summed E-state index contributed by atoms with van der Waals surface area (Å²) in [6, 6.07) is 9.72. The maximum atomic E-state index is 8.97. The van der Waals surface area contributed by atoms with E-state index in [2.05, 4.69) is 11.1 Å². The predicted molar refractivity (Wildman–Crippen MR) is 60.4 cm³/mol. The lowest BCUT2D eigenvalue weighted by molar-refractivity contribution is 0.723. The van der Waals surface area contributed by atoms with Crippen molar-refractivity contribution in [2.75, 3.05) is 0 Å². The first kappa shape index (κ1) is 10.4. The van der Waals surface area contributed by atoms with Crippen molar-refractivity contribution in [2.45, 2.75) is 13.1 Å². The molecule has 2 N–H and O–H groups in total. The SMILES string of the molecule is N#Cc1ccccc1Cn1ccnc1CN. The second-order valence-corrected chi connectivity index (χ2v) is 3.44. The van der Waals surface area contributed by atoms with Crippen LogP contribution in [-0.4, -0.2) is 9.55 Å². The third-order valence-electron chi connectivity index (χ3n) is 2.46. The number of nitrogens with zero attached hydrogens (tertiary/aromatic N) is 3. The van der Waals surface area contributed by atoms with Gasteiger partial charge in [0, 0.05) is 12.4 Å². The topological polar surface area (TPSA) is 67.6 Å². The van der Waals surface area contributed by atoms with Crippen LogP contribution in [0.4, 0.5) is 0 Å². The van der Waals surface area contributed by atoms with E-state index in [1.54, 1.807) is 6.20 Å². The standard InChI is InChI=1S/C12H12N4/c13-7-10-3-1-2-4-11(10)9-16-6-5-15-12(16)8-14/h1-6H,8-9,14H2. The minimum atomic E-state index is 0.404. The van der Waals surface area contributed by atoms with E-state index in [0.29, 0.717) is 18.7 Å². The summed E-state index contributed by atoms with van der Waals surface area (Å²) in [5.74, 6) is 0.827. The molecule has 0 atom stereocenters. The molecule has 0 aliphatic rings. The Balaban J connectivity index is 2.31. The highest BCUT2D eigenvalue weighted by molar-refractivity contribution is 5.37. The number of aromatic nitrogens is 2. The van der Waals surface area contributed by atoms with Gasteiger partial charge in [-0.15, -0.1) is 0 Å². The maximum Gasteiger partial charge on any atom is 0.122 e. The van der Waals surface area contributed by atoms with Crippen molar-refractivity contribution in [3.8, 4) is 6.07 Å². The van der Waals surface area contributed by atoms with Crippen LogP contribution < -0.4 is 5.73 Å². The van der Waals surface area contributed by atoms with Gasteiger partial charge in [-0.2, -0.15) is 5.26 Å². The largest absolute Gasteiger partial charge is 0.329 e. The summed E-state index contributed by atoms with van der Waals surface area (Å²) in [5.41, 5.74) is 7.25. The molecule has 0 saturated heterocycles. The molecule has 16 heavy (non-hydrogen) atoms. The molecule has 0 bridgehead atoms. The quantitative estimate of drug-likeness (QED) is 0.832. The summed E-state index contributed by atoms with van der Waals surface area (Å²) in [4.78, 5) is 4.14. The molecule has 0 unspecified atom stereocenters. The molecular weight excluding hydrogens is 200 g/mol. The number of hydrogen-bond acceptors (Lipinski definition) is 3. The molecule has 0 aliphatic carbocycles. The summed E-state index contributed by atoms with van der Waals surface area (Å²) >= 11 is 0. The average molecular weight is 212 g/mol. The van der Waals surface area contributed by atoms with E-state index >= 15 is 0 Å². The Labute approximate surface area is 94.0 Å². The van der Waals surface area contributed by atoms with Crippen molar-refractivity contribution in [3.05, 3.63) is 53.6 Å². The third-order valence-corrected chi connectivity index (χ3v) is 2.46. The van der Waals surface area contributed by atoms with Crippen molar-refractivity contribution in [1.29, 1.82) is 5.26 Å². The minimum absolute atomic E-state index is 0.404. The first-order valence-corrected chi connectivity index (χ1v) is 5.03. The van der Waals surface area contributed by atoms with Gasteiger partial charge in [-0.1, -0.05) is 18.2 Å². The van der Waals surface area contributed by atoms with Crippen molar-refractivity contribution in [1.82, 2.24) is 9.55 Å². The molecule has 0 radical (unpaired) electrons. The van der Waals surface area contributed by atoms with Crippen LogP contribution in [0.3, 0.4) is 0 Å². The summed E-state index contributed by atoms with van der Waals surface area (Å²) < 4.78 is 1.95. The van der Waals surface area contributed by atoms with Gasteiger partial charge in [-0.3, -0.25) is 0 Å². The fourth-order valence-corrected chi connectivity index (χ4v) is 1.62. The first-order chi connectivity index (χ1) is 7.85. The van der Waals surface area contributed by atoms with Gasteiger partial charge in [0.1, 0.15) is 5.82 Å². The van der Waals surface area contributed by atoms with Crippen LogP contribution in [-0.2, 0) is 13.1 Å². The van der Waals surface area contributed by atoms with Crippen LogP contribution in [0.25, 0.3) is 0 Å². The highest BCUT2D eigenvalue weighted by Crippen LogP contribution is 2.10. The van der Waals surface area contributed by atoms with E-state index in [0.717, 1.165) is 11.4 Å². The van der Waals surface area contributed by atoms with E-state index in [4.69, 9.17) is 11.0 Å². The molecule has 0 fully saturated rings. The lowest BCUT2D eigenvalue weighted by Gasteiger charge is -2.07. The van der Waals surface area contributed by atoms with Crippen LogP contribution in [0, 0.1) is 11.3 Å². The van der Waals surface area contributed by atoms with Crippen molar-refractivity contribution >= 4 is 0 Å². The molecule has 0 spiro atoms. The number of nitriles is 1. The molecule has 0 amide bonds. The van der Waals surface area contributed by atoms with Gasteiger partial charge in [0.15, 0.2) is 0 Å². The van der Waals surface area contributed by atoms with Gasteiger partial charge in [0.05, 0.1) is 24.7 Å². The monoisotopic (exact) mass is 212 g/mol. The number of rotatable bonds is 3. The molecular formula is C12H12N4. The smallest absolute Gasteiger partial charge is 0.122 e. The normalized spacial score (nSPS) is 10.0. The third kappa shape index (κ3) is 1.95. The number of nitrogens with two attached hydrogens (primary N) is 1. The van der Waals surface area contributed by atoms with E-state index < -0.39 is 0 Å². The summed E-state index contributed by atoms with van der Waals surface area (Å²) in [6.45, 7) is 1.04. The zero-order valence-electron chi connectivity index (χ0n) is 8.80. The van der Waals surface area contributed by atoms with Gasteiger partial charge < -0.3 is 10.3 Å². The van der Waals surface area contributed by atoms with Gasteiger partial charge >= 0.3 is 0 Å². The predicted octanol–water partition coefficient (Wildman–Crippen LogP) is 1.26. The lowest BCUT2D eigenvalue weighted by Crippen LogP contribution is -2.09. The Kier molecular flexibility index (Phi) is 2.99. The zero-order valence-corrected chi connectivity index (χ0v) is 8.80. The Morgan fingerprint density at radius 2 is 2.19 bits per heavy atom. The van der Waals surface area contributed by atoms with Gasteiger partial charge in [0.2, 0.25) is 0 Å². The van der Waals surface area contributed by atoms with Crippen LogP contribution in [0.2, 0.25) is 0 Å². The van der Waals surface area contributed by atoms with E-state index in [1.807, 2.05) is 35.0 Å². The fraction of sp³-hybridized carbons (Fsp3) is 0.167. The fourth-order valence-electron chi connectivity index (χ4n) is 1.62. The first-order valence-electron chi connectivity index (χ1n) is 5.03. The molecule has 1 heterocycles. The summed E-state index contributed by atoms with van der Waals surface area (Å²) in [6.07, 6.45) is 3.59. The number of hydrogen-bond donors (Lipinski definition) is 1. The van der Waals surface area contributed by atoms with Gasteiger partial charge in [0.25, 0.3) is 0 Å². The Morgan fingerprint density at radius 3 is 2.94 bits per heavy atom. The highest BCUT2D eigenvalue weighted by atomic mass is 15.1. The van der Waals surface area contributed by atoms with Crippen molar-refractivity contribution < 1.29 is 0 Å². The maximum absolute atomic E-state index is 8.97.